The monoisotopic (exact) mass is 357 g/mol. The molecule has 0 radical (unpaired) electrons. The van der Waals surface area contributed by atoms with Crippen molar-refractivity contribution in [1.29, 1.82) is 0 Å². The largest absolute Gasteiger partial charge is 0.462 e. The Morgan fingerprint density at radius 2 is 1.88 bits per heavy atom. The summed E-state index contributed by atoms with van der Waals surface area (Å²) in [5, 5.41) is 0. The van der Waals surface area contributed by atoms with E-state index in [9.17, 15) is 9.59 Å². The number of aryl methyl sites for hydroxylation is 1. The number of aromatic amines is 1. The van der Waals surface area contributed by atoms with Crippen LogP contribution < -0.4 is 21.1 Å². The highest BCUT2D eigenvalue weighted by Gasteiger charge is 2.24. The molecular weight excluding hydrogens is 334 g/mol. The smallest absolute Gasteiger partial charge is 0.340 e. The summed E-state index contributed by atoms with van der Waals surface area (Å²) in [5.74, 6) is -0.196. The van der Waals surface area contributed by atoms with Gasteiger partial charge in [0.25, 0.3) is 5.56 Å². The van der Waals surface area contributed by atoms with Gasteiger partial charge in [0.2, 0.25) is 5.95 Å². The quantitative estimate of drug-likeness (QED) is 0.791. The number of nitrogens with two attached hydrogens (primary N) is 1. The Kier molecular flexibility index (Phi) is 5.11. The molecule has 2 aromatic rings. The number of anilines is 3. The summed E-state index contributed by atoms with van der Waals surface area (Å²) in [7, 11) is 0. The zero-order valence-corrected chi connectivity index (χ0v) is 15.0. The zero-order valence-electron chi connectivity index (χ0n) is 15.0. The number of nitrogens with zero attached hydrogens (tertiary/aromatic N) is 3. The van der Waals surface area contributed by atoms with Crippen LogP contribution in [0.3, 0.4) is 0 Å². The molecule has 1 saturated heterocycles. The third kappa shape index (κ3) is 3.49. The van der Waals surface area contributed by atoms with Crippen molar-refractivity contribution in [2.24, 2.45) is 0 Å². The van der Waals surface area contributed by atoms with Crippen LogP contribution in [-0.2, 0) is 4.74 Å². The molecular formula is C18H23N5O3. The molecule has 8 heteroatoms. The lowest BCUT2D eigenvalue weighted by atomic mass is 10.1. The minimum atomic E-state index is -0.319. The number of esters is 1. The first-order valence-corrected chi connectivity index (χ1v) is 8.63. The lowest BCUT2D eigenvalue weighted by Gasteiger charge is -2.37. The summed E-state index contributed by atoms with van der Waals surface area (Å²) in [5.41, 5.74) is 7.95. The molecule has 0 amide bonds. The molecule has 1 aromatic carbocycles. The van der Waals surface area contributed by atoms with Crippen molar-refractivity contribution in [3.05, 3.63) is 45.9 Å². The SMILES string of the molecule is CCOC(=O)c1ccccc1N1CCN(c2c(C)nc(N)[nH]c2=O)CC1. The fourth-order valence-electron chi connectivity index (χ4n) is 3.28. The molecule has 2 heterocycles. The minimum Gasteiger partial charge on any atom is -0.462 e. The van der Waals surface area contributed by atoms with E-state index < -0.39 is 0 Å². The summed E-state index contributed by atoms with van der Waals surface area (Å²) in [6.45, 7) is 6.56. The molecule has 0 spiro atoms. The van der Waals surface area contributed by atoms with Crippen LogP contribution in [0, 0.1) is 6.92 Å². The van der Waals surface area contributed by atoms with Gasteiger partial charge in [0.1, 0.15) is 5.69 Å². The Bertz CT molecular complexity index is 856. The Labute approximate surface area is 151 Å². The first kappa shape index (κ1) is 17.8. The predicted octanol–water partition coefficient (Wildman–Crippen LogP) is 1.16. The van der Waals surface area contributed by atoms with Crippen LogP contribution in [0.1, 0.15) is 23.0 Å². The highest BCUT2D eigenvalue weighted by molar-refractivity contribution is 5.96. The van der Waals surface area contributed by atoms with Crippen molar-refractivity contribution < 1.29 is 9.53 Å². The maximum Gasteiger partial charge on any atom is 0.340 e. The number of benzene rings is 1. The Balaban J connectivity index is 1.78. The van der Waals surface area contributed by atoms with Crippen LogP contribution in [0.5, 0.6) is 0 Å². The van der Waals surface area contributed by atoms with Crippen LogP contribution >= 0.6 is 0 Å². The van der Waals surface area contributed by atoms with Crippen molar-refractivity contribution in [2.45, 2.75) is 13.8 Å². The van der Waals surface area contributed by atoms with Crippen LogP contribution in [0.25, 0.3) is 0 Å². The van der Waals surface area contributed by atoms with E-state index in [-0.39, 0.29) is 17.5 Å². The van der Waals surface area contributed by atoms with Crippen molar-refractivity contribution >= 4 is 23.3 Å². The third-order valence-electron chi connectivity index (χ3n) is 4.42. The fraction of sp³-hybridized carbons (Fsp3) is 0.389. The molecule has 0 saturated carbocycles. The second-order valence-corrected chi connectivity index (χ2v) is 6.10. The van der Waals surface area contributed by atoms with Crippen molar-refractivity contribution in [1.82, 2.24) is 9.97 Å². The minimum absolute atomic E-state index is 0.123. The van der Waals surface area contributed by atoms with Gasteiger partial charge in [0, 0.05) is 26.2 Å². The summed E-state index contributed by atoms with van der Waals surface area (Å²) >= 11 is 0. The average Bonchev–Trinajstić information content (AvgIpc) is 2.62. The molecule has 1 aliphatic heterocycles. The lowest BCUT2D eigenvalue weighted by molar-refractivity contribution is 0.0527. The number of para-hydroxylation sites is 1. The molecule has 138 valence electrons. The average molecular weight is 357 g/mol. The summed E-state index contributed by atoms with van der Waals surface area (Å²) < 4.78 is 5.15. The number of carbonyl (C=O) groups excluding carboxylic acids is 1. The van der Waals surface area contributed by atoms with Crippen LogP contribution in [0.2, 0.25) is 0 Å². The Hall–Kier alpha value is -3.03. The van der Waals surface area contributed by atoms with Crippen LogP contribution in [0.4, 0.5) is 17.3 Å². The number of nitrogens with one attached hydrogen (secondary N) is 1. The number of H-pyrrole nitrogens is 1. The topological polar surface area (TPSA) is 105 Å². The number of rotatable bonds is 4. The fourth-order valence-corrected chi connectivity index (χ4v) is 3.28. The van der Waals surface area contributed by atoms with Gasteiger partial charge in [-0.2, -0.15) is 0 Å². The van der Waals surface area contributed by atoms with Gasteiger partial charge in [0.15, 0.2) is 0 Å². The number of hydrogen-bond acceptors (Lipinski definition) is 7. The Morgan fingerprint density at radius 1 is 1.23 bits per heavy atom. The molecule has 8 nitrogen and oxygen atoms in total. The summed E-state index contributed by atoms with van der Waals surface area (Å²) in [6.07, 6.45) is 0. The van der Waals surface area contributed by atoms with Gasteiger partial charge in [-0.15, -0.1) is 0 Å². The zero-order chi connectivity index (χ0) is 18.7. The van der Waals surface area contributed by atoms with E-state index in [1.165, 1.54) is 0 Å². The van der Waals surface area contributed by atoms with E-state index in [2.05, 4.69) is 14.9 Å². The van der Waals surface area contributed by atoms with Gasteiger partial charge in [-0.05, 0) is 26.0 Å². The highest BCUT2D eigenvalue weighted by Crippen LogP contribution is 2.24. The number of carbonyl (C=O) groups is 1. The Morgan fingerprint density at radius 3 is 2.54 bits per heavy atom. The number of nitrogen functional groups attached to an aromatic ring is 1. The van der Waals surface area contributed by atoms with Gasteiger partial charge < -0.3 is 20.3 Å². The standard InChI is InChI=1S/C18H23N5O3/c1-3-26-17(25)13-6-4-5-7-14(13)22-8-10-23(11-9-22)15-12(2)20-18(19)21-16(15)24/h4-7H,3,8-11H2,1-2H3,(H3,19,20,21,24). The van der Waals surface area contributed by atoms with Gasteiger partial charge in [-0.3, -0.25) is 9.78 Å². The maximum atomic E-state index is 12.2. The number of piperazine rings is 1. The predicted molar refractivity (Wildman–Crippen MR) is 101 cm³/mol. The molecule has 0 bridgehead atoms. The second kappa shape index (κ2) is 7.47. The second-order valence-electron chi connectivity index (χ2n) is 6.10. The molecule has 1 aliphatic rings. The van der Waals surface area contributed by atoms with Crippen molar-refractivity contribution in [2.75, 3.05) is 48.3 Å². The normalized spacial score (nSPS) is 14.4. The molecule has 1 aromatic heterocycles. The molecule has 26 heavy (non-hydrogen) atoms. The molecule has 0 atom stereocenters. The van der Waals surface area contributed by atoms with Crippen LogP contribution in [-0.4, -0.2) is 48.7 Å². The van der Waals surface area contributed by atoms with E-state index in [1.807, 2.05) is 23.1 Å². The summed E-state index contributed by atoms with van der Waals surface area (Å²) in [6, 6.07) is 7.43. The number of ether oxygens (including phenoxy) is 1. The van der Waals surface area contributed by atoms with E-state index >= 15 is 0 Å². The number of aromatic nitrogens is 2. The number of hydrogen-bond donors (Lipinski definition) is 2. The first-order valence-electron chi connectivity index (χ1n) is 8.63. The molecule has 1 fully saturated rings. The van der Waals surface area contributed by atoms with E-state index in [4.69, 9.17) is 10.5 Å². The van der Waals surface area contributed by atoms with Crippen molar-refractivity contribution in [3.63, 3.8) is 0 Å². The molecule has 3 N–H and O–H groups in total. The van der Waals surface area contributed by atoms with Gasteiger partial charge >= 0.3 is 5.97 Å². The van der Waals surface area contributed by atoms with Crippen LogP contribution in [0.15, 0.2) is 29.1 Å². The van der Waals surface area contributed by atoms with Gasteiger partial charge in [-0.25, -0.2) is 9.78 Å². The summed E-state index contributed by atoms with van der Waals surface area (Å²) in [4.78, 5) is 35.3. The van der Waals surface area contributed by atoms with Crippen molar-refractivity contribution in [3.8, 4) is 0 Å². The molecule has 0 aliphatic carbocycles. The van der Waals surface area contributed by atoms with E-state index in [0.29, 0.717) is 49.7 Å². The third-order valence-corrected chi connectivity index (χ3v) is 4.42. The van der Waals surface area contributed by atoms with E-state index in [0.717, 1.165) is 5.69 Å². The maximum absolute atomic E-state index is 12.2. The molecule has 3 rings (SSSR count). The molecule has 0 unspecified atom stereocenters. The van der Waals surface area contributed by atoms with Gasteiger partial charge in [-0.1, -0.05) is 12.1 Å². The van der Waals surface area contributed by atoms with E-state index in [1.54, 1.807) is 19.9 Å². The highest BCUT2D eigenvalue weighted by atomic mass is 16.5. The first-order chi connectivity index (χ1) is 12.5. The van der Waals surface area contributed by atoms with Gasteiger partial charge in [0.05, 0.1) is 23.6 Å². The lowest BCUT2D eigenvalue weighted by Crippen LogP contribution is -2.48.